The van der Waals surface area contributed by atoms with Gasteiger partial charge in [0.25, 0.3) is 0 Å². The molecule has 1 aliphatic rings. The third-order valence-electron chi connectivity index (χ3n) is 3.06. The first-order valence-electron chi connectivity index (χ1n) is 5.80. The topological polar surface area (TPSA) is 78.3 Å². The van der Waals surface area contributed by atoms with Crippen molar-refractivity contribution in [1.29, 1.82) is 0 Å². The normalized spacial score (nSPS) is 18.3. The van der Waals surface area contributed by atoms with Crippen LogP contribution >= 0.6 is 0 Å². The largest absolute Gasteiger partial charge is 0.494 e. The smallest absolute Gasteiger partial charge is 0.227 e. The van der Waals surface area contributed by atoms with Crippen LogP contribution in [0.15, 0.2) is 23.3 Å². The van der Waals surface area contributed by atoms with E-state index >= 15 is 0 Å². The van der Waals surface area contributed by atoms with Gasteiger partial charge in [-0.3, -0.25) is 4.79 Å². The SMILES string of the molecule is COc1ccc(N2CC(CN=[N+]=[N-])CC2=O)cc1F. The van der Waals surface area contributed by atoms with Gasteiger partial charge in [0.05, 0.1) is 7.11 Å². The lowest BCUT2D eigenvalue weighted by Crippen LogP contribution is -2.24. The lowest BCUT2D eigenvalue weighted by molar-refractivity contribution is -0.117. The van der Waals surface area contributed by atoms with E-state index in [9.17, 15) is 9.18 Å². The van der Waals surface area contributed by atoms with Crippen molar-refractivity contribution < 1.29 is 13.9 Å². The lowest BCUT2D eigenvalue weighted by atomic mass is 10.1. The van der Waals surface area contributed by atoms with Gasteiger partial charge in [0, 0.05) is 36.2 Å². The predicted octanol–water partition coefficient (Wildman–Crippen LogP) is 2.50. The van der Waals surface area contributed by atoms with Crippen molar-refractivity contribution in [3.8, 4) is 5.75 Å². The Hall–Kier alpha value is -2.27. The zero-order valence-corrected chi connectivity index (χ0v) is 10.4. The maximum Gasteiger partial charge on any atom is 0.227 e. The van der Waals surface area contributed by atoms with Crippen LogP contribution in [0.3, 0.4) is 0 Å². The summed E-state index contributed by atoms with van der Waals surface area (Å²) in [5, 5.41) is 3.47. The van der Waals surface area contributed by atoms with E-state index in [2.05, 4.69) is 10.0 Å². The van der Waals surface area contributed by atoms with Crippen molar-refractivity contribution in [2.45, 2.75) is 6.42 Å². The maximum absolute atomic E-state index is 13.6. The van der Waals surface area contributed by atoms with Crippen LogP contribution in [0.2, 0.25) is 0 Å². The number of azide groups is 1. The van der Waals surface area contributed by atoms with Crippen molar-refractivity contribution in [3.05, 3.63) is 34.5 Å². The second kappa shape index (κ2) is 5.58. The second-order valence-electron chi connectivity index (χ2n) is 4.31. The number of anilines is 1. The minimum Gasteiger partial charge on any atom is -0.494 e. The summed E-state index contributed by atoms with van der Waals surface area (Å²) >= 11 is 0. The molecule has 7 heteroatoms. The van der Waals surface area contributed by atoms with E-state index in [0.717, 1.165) is 0 Å². The van der Waals surface area contributed by atoms with E-state index < -0.39 is 5.82 Å². The van der Waals surface area contributed by atoms with E-state index in [1.165, 1.54) is 24.1 Å². The summed E-state index contributed by atoms with van der Waals surface area (Å²) in [6.07, 6.45) is 0.312. The molecular weight excluding hydrogens is 251 g/mol. The highest BCUT2D eigenvalue weighted by Crippen LogP contribution is 2.28. The Morgan fingerprint density at radius 3 is 3.05 bits per heavy atom. The lowest BCUT2D eigenvalue weighted by Gasteiger charge is -2.17. The number of hydrogen-bond acceptors (Lipinski definition) is 3. The third-order valence-corrected chi connectivity index (χ3v) is 3.06. The molecule has 0 aliphatic carbocycles. The van der Waals surface area contributed by atoms with Crippen molar-refractivity contribution in [3.63, 3.8) is 0 Å². The van der Waals surface area contributed by atoms with Gasteiger partial charge in [-0.2, -0.15) is 0 Å². The number of hydrogen-bond donors (Lipinski definition) is 0. The number of carbonyl (C=O) groups excluding carboxylic acids is 1. The summed E-state index contributed by atoms with van der Waals surface area (Å²) in [6.45, 7) is 0.709. The minimum atomic E-state index is -0.508. The Balaban J connectivity index is 2.16. The van der Waals surface area contributed by atoms with Gasteiger partial charge >= 0.3 is 0 Å². The molecule has 0 bridgehead atoms. The Morgan fingerprint density at radius 1 is 1.63 bits per heavy atom. The zero-order chi connectivity index (χ0) is 13.8. The molecule has 6 nitrogen and oxygen atoms in total. The highest BCUT2D eigenvalue weighted by molar-refractivity contribution is 5.95. The van der Waals surface area contributed by atoms with Crippen LogP contribution in [0.1, 0.15) is 6.42 Å². The van der Waals surface area contributed by atoms with Crippen LogP contribution in [0.4, 0.5) is 10.1 Å². The van der Waals surface area contributed by atoms with Gasteiger partial charge in [-0.15, -0.1) is 0 Å². The molecule has 1 aromatic rings. The molecular formula is C12H13FN4O2. The summed E-state index contributed by atoms with van der Waals surface area (Å²) in [6, 6.07) is 4.39. The second-order valence-corrected chi connectivity index (χ2v) is 4.31. The van der Waals surface area contributed by atoms with Gasteiger partial charge in [-0.25, -0.2) is 4.39 Å². The summed E-state index contributed by atoms with van der Waals surface area (Å²) in [5.74, 6) is -0.483. The minimum absolute atomic E-state index is 0.0198. The van der Waals surface area contributed by atoms with Crippen LogP contribution < -0.4 is 9.64 Å². The number of nitrogens with zero attached hydrogens (tertiary/aromatic N) is 4. The molecule has 1 fully saturated rings. The average molecular weight is 264 g/mol. The Morgan fingerprint density at radius 2 is 2.42 bits per heavy atom. The molecule has 0 radical (unpaired) electrons. The van der Waals surface area contributed by atoms with Crippen LogP contribution in [-0.2, 0) is 4.79 Å². The number of methoxy groups -OCH3 is 1. The third kappa shape index (κ3) is 2.77. The van der Waals surface area contributed by atoms with Crippen molar-refractivity contribution >= 4 is 11.6 Å². The van der Waals surface area contributed by atoms with E-state index in [0.29, 0.717) is 18.7 Å². The number of halogens is 1. The van der Waals surface area contributed by atoms with E-state index in [4.69, 9.17) is 10.3 Å². The molecule has 1 heterocycles. The maximum atomic E-state index is 13.6. The summed E-state index contributed by atoms with van der Waals surface area (Å²) in [4.78, 5) is 16.0. The van der Waals surface area contributed by atoms with Crippen LogP contribution in [0, 0.1) is 11.7 Å². The number of carbonyl (C=O) groups is 1. The molecule has 0 N–H and O–H groups in total. The Labute approximate surface area is 109 Å². The van der Waals surface area contributed by atoms with Crippen LogP contribution in [0.25, 0.3) is 10.4 Å². The summed E-state index contributed by atoms with van der Waals surface area (Å²) in [7, 11) is 1.38. The van der Waals surface area contributed by atoms with Crippen molar-refractivity contribution in [2.24, 2.45) is 11.0 Å². The van der Waals surface area contributed by atoms with Gasteiger partial charge in [0.2, 0.25) is 5.91 Å². The molecule has 0 saturated carbocycles. The Kier molecular flexibility index (Phi) is 3.87. The molecule has 0 aromatic heterocycles. The highest BCUT2D eigenvalue weighted by Gasteiger charge is 2.30. The first-order chi connectivity index (χ1) is 9.15. The quantitative estimate of drug-likeness (QED) is 0.475. The first kappa shape index (κ1) is 13.2. The Bertz CT molecular complexity index is 543. The standard InChI is InChI=1S/C12H13FN4O2/c1-19-11-3-2-9(5-10(11)13)17-7-8(4-12(17)18)6-15-16-14/h2-3,5,8H,4,6-7H2,1H3. The van der Waals surface area contributed by atoms with E-state index in [1.54, 1.807) is 6.07 Å². The molecule has 1 aromatic carbocycles. The summed E-state index contributed by atoms with van der Waals surface area (Å²) in [5.41, 5.74) is 8.76. The predicted molar refractivity (Wildman–Crippen MR) is 67.4 cm³/mol. The van der Waals surface area contributed by atoms with Gasteiger partial charge in [0.1, 0.15) is 0 Å². The van der Waals surface area contributed by atoms with E-state index in [-0.39, 0.29) is 24.1 Å². The summed E-state index contributed by atoms with van der Waals surface area (Å²) < 4.78 is 18.4. The molecule has 2 rings (SSSR count). The van der Waals surface area contributed by atoms with Gasteiger partial charge in [-0.05, 0) is 23.6 Å². The molecule has 100 valence electrons. The average Bonchev–Trinajstić information content (AvgIpc) is 2.77. The van der Waals surface area contributed by atoms with Crippen LogP contribution in [0.5, 0.6) is 5.75 Å². The van der Waals surface area contributed by atoms with Gasteiger partial charge in [-0.1, -0.05) is 5.11 Å². The van der Waals surface area contributed by atoms with Crippen LogP contribution in [-0.4, -0.2) is 26.1 Å². The molecule has 1 saturated heterocycles. The molecule has 1 aliphatic heterocycles. The van der Waals surface area contributed by atoms with E-state index in [1.807, 2.05) is 0 Å². The zero-order valence-electron chi connectivity index (χ0n) is 10.4. The number of rotatable bonds is 4. The number of benzene rings is 1. The monoisotopic (exact) mass is 264 g/mol. The molecule has 1 unspecified atom stereocenters. The molecule has 1 amide bonds. The number of amides is 1. The van der Waals surface area contributed by atoms with Gasteiger partial charge < -0.3 is 9.64 Å². The fourth-order valence-corrected chi connectivity index (χ4v) is 2.13. The van der Waals surface area contributed by atoms with Crippen molar-refractivity contribution in [2.75, 3.05) is 25.1 Å². The fraction of sp³-hybridized carbons (Fsp3) is 0.417. The van der Waals surface area contributed by atoms with Crippen molar-refractivity contribution in [1.82, 2.24) is 0 Å². The highest BCUT2D eigenvalue weighted by atomic mass is 19.1. The molecule has 1 atom stereocenters. The first-order valence-corrected chi connectivity index (χ1v) is 5.80. The molecule has 19 heavy (non-hydrogen) atoms. The van der Waals surface area contributed by atoms with Gasteiger partial charge in [0.15, 0.2) is 11.6 Å². The number of ether oxygens (including phenoxy) is 1. The fourth-order valence-electron chi connectivity index (χ4n) is 2.13. The molecule has 0 spiro atoms.